The van der Waals surface area contributed by atoms with Gasteiger partial charge in [0.1, 0.15) is 12.4 Å². The van der Waals surface area contributed by atoms with Gasteiger partial charge in [-0.3, -0.25) is 4.79 Å². The number of pyridine rings is 1. The predicted molar refractivity (Wildman–Crippen MR) is 180 cm³/mol. The van der Waals surface area contributed by atoms with E-state index < -0.39 is 0 Å². The average Bonchev–Trinajstić information content (AvgIpc) is 2.97. The molecule has 236 valence electrons. The summed E-state index contributed by atoms with van der Waals surface area (Å²) in [5.74, 6) is 1.71. The monoisotopic (exact) mass is 581 g/mol. The van der Waals surface area contributed by atoms with Gasteiger partial charge in [0.05, 0.1) is 18.7 Å². The van der Waals surface area contributed by atoms with Crippen LogP contribution in [0.3, 0.4) is 0 Å². The predicted octanol–water partition coefficient (Wildman–Crippen LogP) is 10.6. The highest BCUT2D eigenvalue weighted by molar-refractivity contribution is 5.89. The molecule has 0 bridgehead atoms. The molecule has 5 nitrogen and oxygen atoms in total. The molecule has 2 aromatic rings. The number of fused-ring (bicyclic) bond motifs is 1. The van der Waals surface area contributed by atoms with Crippen LogP contribution in [0.5, 0.6) is 17.2 Å². The van der Waals surface area contributed by atoms with Crippen molar-refractivity contribution in [3.05, 3.63) is 51.9 Å². The fourth-order valence-electron chi connectivity index (χ4n) is 5.00. The lowest BCUT2D eigenvalue weighted by molar-refractivity contribution is 0.258. The molecule has 42 heavy (non-hydrogen) atoms. The zero-order chi connectivity index (χ0) is 30.6. The Balaban J connectivity index is 2.38. The lowest BCUT2D eigenvalue weighted by atomic mass is 10.1. The third-order valence-corrected chi connectivity index (χ3v) is 7.65. The van der Waals surface area contributed by atoms with Crippen LogP contribution in [0.4, 0.5) is 0 Å². The molecule has 0 amide bonds. The molecule has 0 atom stereocenters. The zero-order valence-corrected chi connectivity index (χ0v) is 27.7. The van der Waals surface area contributed by atoms with Gasteiger partial charge in [-0.05, 0) is 71.1 Å². The van der Waals surface area contributed by atoms with Crippen LogP contribution in [0.1, 0.15) is 131 Å². The van der Waals surface area contributed by atoms with Crippen LogP contribution in [0, 0.1) is 0 Å². The molecule has 2 rings (SSSR count). The third-order valence-electron chi connectivity index (χ3n) is 7.65. The third kappa shape index (κ3) is 12.7. The van der Waals surface area contributed by atoms with E-state index in [2.05, 4.69) is 53.7 Å². The molecule has 0 aliphatic carbocycles. The van der Waals surface area contributed by atoms with Gasteiger partial charge in [0.25, 0.3) is 5.56 Å². The van der Waals surface area contributed by atoms with Crippen molar-refractivity contribution in [3.63, 3.8) is 0 Å². The van der Waals surface area contributed by atoms with Crippen molar-refractivity contribution in [3.8, 4) is 17.2 Å². The SMILES string of the molecule is CCCCCCCCn1c(=O)c(OCCCCCC)c(OCCCC)c2ccc(OC/C=C(\C)CCC=C(C)C)cc21. The summed E-state index contributed by atoms with van der Waals surface area (Å²) >= 11 is 0. The van der Waals surface area contributed by atoms with Crippen LogP contribution in [-0.2, 0) is 6.54 Å². The van der Waals surface area contributed by atoms with Crippen LogP contribution >= 0.6 is 0 Å². The Morgan fingerprint density at radius 1 is 0.738 bits per heavy atom. The van der Waals surface area contributed by atoms with Gasteiger partial charge < -0.3 is 18.8 Å². The highest BCUT2D eigenvalue weighted by atomic mass is 16.5. The van der Waals surface area contributed by atoms with Gasteiger partial charge in [-0.1, -0.05) is 95.8 Å². The van der Waals surface area contributed by atoms with Crippen LogP contribution in [-0.4, -0.2) is 24.4 Å². The maximum Gasteiger partial charge on any atom is 0.297 e. The summed E-state index contributed by atoms with van der Waals surface area (Å²) in [6, 6.07) is 6.04. The molecule has 0 unspecified atom stereocenters. The Kier molecular flexibility index (Phi) is 17.8. The van der Waals surface area contributed by atoms with Gasteiger partial charge in [-0.25, -0.2) is 0 Å². The van der Waals surface area contributed by atoms with Gasteiger partial charge in [0.15, 0.2) is 5.75 Å². The van der Waals surface area contributed by atoms with E-state index in [4.69, 9.17) is 14.2 Å². The van der Waals surface area contributed by atoms with Crippen LogP contribution < -0.4 is 19.8 Å². The smallest absolute Gasteiger partial charge is 0.297 e. The van der Waals surface area contributed by atoms with E-state index in [-0.39, 0.29) is 5.56 Å². The van der Waals surface area contributed by atoms with E-state index in [1.165, 1.54) is 49.7 Å². The summed E-state index contributed by atoms with van der Waals surface area (Å²) < 4.78 is 20.6. The second-order valence-electron chi connectivity index (χ2n) is 11.9. The molecule has 0 saturated carbocycles. The molecule has 0 saturated heterocycles. The number of unbranched alkanes of at least 4 members (excludes halogenated alkanes) is 9. The number of ether oxygens (including phenoxy) is 3. The Bertz CT molecular complexity index is 1160. The van der Waals surface area contributed by atoms with Gasteiger partial charge in [0.2, 0.25) is 5.75 Å². The van der Waals surface area contributed by atoms with Crippen molar-refractivity contribution in [2.75, 3.05) is 19.8 Å². The van der Waals surface area contributed by atoms with Crippen molar-refractivity contribution >= 4 is 10.9 Å². The molecular formula is C37H59NO4. The molecule has 0 radical (unpaired) electrons. The van der Waals surface area contributed by atoms with Crippen LogP contribution in [0.2, 0.25) is 0 Å². The average molecular weight is 582 g/mol. The first kappa shape index (κ1) is 35.5. The van der Waals surface area contributed by atoms with E-state index in [0.29, 0.717) is 37.9 Å². The minimum Gasteiger partial charge on any atom is -0.489 e. The minimum absolute atomic E-state index is 0.0924. The summed E-state index contributed by atoms with van der Waals surface area (Å²) in [4.78, 5) is 14.0. The summed E-state index contributed by atoms with van der Waals surface area (Å²) in [5, 5.41) is 0.918. The maximum atomic E-state index is 14.0. The summed E-state index contributed by atoms with van der Waals surface area (Å²) in [7, 11) is 0. The number of rotatable bonds is 23. The molecular weight excluding hydrogens is 522 g/mol. The van der Waals surface area contributed by atoms with Crippen LogP contribution in [0.15, 0.2) is 46.3 Å². The lowest BCUT2D eigenvalue weighted by Crippen LogP contribution is -2.24. The standard InChI is InChI=1S/C37H59NO4/c1-7-10-13-15-16-17-25-38-34-29-32(40-28-24-31(6)21-19-20-30(4)5)22-23-33(34)35(41-26-12-9-3)36(37(38)39)42-27-18-14-11-8-2/h20,22-24,29H,7-19,21,25-28H2,1-6H3/b31-24+. The molecule has 0 aliphatic rings. The number of hydrogen-bond donors (Lipinski definition) is 0. The number of aryl methyl sites for hydroxylation is 1. The minimum atomic E-state index is -0.0924. The highest BCUT2D eigenvalue weighted by Gasteiger charge is 2.20. The number of allylic oxidation sites excluding steroid dienone is 3. The van der Waals surface area contributed by atoms with Crippen molar-refractivity contribution in [2.45, 2.75) is 138 Å². The van der Waals surface area contributed by atoms with E-state index >= 15 is 0 Å². The number of aromatic nitrogens is 1. The van der Waals surface area contributed by atoms with Crippen molar-refractivity contribution < 1.29 is 14.2 Å². The van der Waals surface area contributed by atoms with Gasteiger partial charge in [-0.15, -0.1) is 0 Å². The first-order valence-electron chi connectivity index (χ1n) is 16.8. The first-order chi connectivity index (χ1) is 20.4. The molecule has 0 aliphatic heterocycles. The quantitative estimate of drug-likeness (QED) is 0.0967. The van der Waals surface area contributed by atoms with Gasteiger partial charge >= 0.3 is 0 Å². The first-order valence-corrected chi connectivity index (χ1v) is 16.8. The summed E-state index contributed by atoms with van der Waals surface area (Å²) in [5.41, 5.74) is 3.44. The Morgan fingerprint density at radius 2 is 1.38 bits per heavy atom. The van der Waals surface area contributed by atoms with Gasteiger partial charge in [0, 0.05) is 18.0 Å². The Morgan fingerprint density at radius 3 is 2.10 bits per heavy atom. The number of benzene rings is 1. The fraction of sp³-hybridized carbons (Fsp3) is 0.649. The molecule has 5 heteroatoms. The molecule has 1 aromatic carbocycles. The van der Waals surface area contributed by atoms with Gasteiger partial charge in [-0.2, -0.15) is 0 Å². The molecule has 0 fully saturated rings. The largest absolute Gasteiger partial charge is 0.489 e. The number of hydrogen-bond acceptors (Lipinski definition) is 4. The maximum absolute atomic E-state index is 14.0. The second-order valence-corrected chi connectivity index (χ2v) is 11.9. The normalized spacial score (nSPS) is 11.6. The van der Waals surface area contributed by atoms with Crippen molar-refractivity contribution in [1.29, 1.82) is 0 Å². The molecule has 0 spiro atoms. The molecule has 1 heterocycles. The van der Waals surface area contributed by atoms with E-state index in [9.17, 15) is 4.79 Å². The van der Waals surface area contributed by atoms with Crippen molar-refractivity contribution in [2.24, 2.45) is 0 Å². The zero-order valence-electron chi connectivity index (χ0n) is 27.7. The van der Waals surface area contributed by atoms with Crippen molar-refractivity contribution in [1.82, 2.24) is 4.57 Å². The highest BCUT2D eigenvalue weighted by Crippen LogP contribution is 2.35. The fourth-order valence-corrected chi connectivity index (χ4v) is 5.00. The van der Waals surface area contributed by atoms with E-state index in [1.54, 1.807) is 0 Å². The van der Waals surface area contributed by atoms with E-state index in [1.807, 2.05) is 22.8 Å². The summed E-state index contributed by atoms with van der Waals surface area (Å²) in [6.07, 6.45) is 19.9. The topological polar surface area (TPSA) is 49.7 Å². The lowest BCUT2D eigenvalue weighted by Gasteiger charge is -2.19. The Labute approximate surface area is 256 Å². The van der Waals surface area contributed by atoms with Crippen LogP contribution in [0.25, 0.3) is 10.9 Å². The second kappa shape index (κ2) is 21.1. The number of nitrogens with zero attached hydrogens (tertiary/aromatic N) is 1. The molecule has 1 aromatic heterocycles. The Hall–Kier alpha value is -2.69. The molecule has 0 N–H and O–H groups in total. The van der Waals surface area contributed by atoms with E-state index in [0.717, 1.165) is 68.0 Å². The summed E-state index contributed by atoms with van der Waals surface area (Å²) in [6.45, 7) is 15.3.